The van der Waals surface area contributed by atoms with Crippen molar-refractivity contribution < 1.29 is 9.90 Å². The van der Waals surface area contributed by atoms with Gasteiger partial charge in [-0.1, -0.05) is 13.8 Å². The van der Waals surface area contributed by atoms with Crippen molar-refractivity contribution in [3.05, 3.63) is 22.7 Å². The zero-order valence-corrected chi connectivity index (χ0v) is 11.9. The molecule has 1 aromatic rings. The molecule has 2 rings (SSSR count). The van der Waals surface area contributed by atoms with Crippen LogP contribution in [0.25, 0.3) is 0 Å². The van der Waals surface area contributed by atoms with Crippen molar-refractivity contribution in [1.29, 1.82) is 0 Å². The van der Waals surface area contributed by atoms with Crippen molar-refractivity contribution in [2.45, 2.75) is 45.7 Å². The van der Waals surface area contributed by atoms with Gasteiger partial charge in [0.1, 0.15) is 0 Å². The van der Waals surface area contributed by atoms with Gasteiger partial charge in [0.05, 0.1) is 6.42 Å². The van der Waals surface area contributed by atoms with Crippen LogP contribution in [0.4, 0.5) is 5.82 Å². The summed E-state index contributed by atoms with van der Waals surface area (Å²) < 4.78 is 1.62. The van der Waals surface area contributed by atoms with E-state index in [1.54, 1.807) is 17.0 Å². The molecule has 1 aromatic heterocycles. The summed E-state index contributed by atoms with van der Waals surface area (Å²) in [7, 11) is 0. The van der Waals surface area contributed by atoms with E-state index in [9.17, 15) is 9.59 Å². The zero-order chi connectivity index (χ0) is 14.7. The Labute approximate surface area is 117 Å². The molecule has 0 aromatic carbocycles. The highest BCUT2D eigenvalue weighted by molar-refractivity contribution is 5.68. The van der Waals surface area contributed by atoms with E-state index in [1.165, 1.54) is 0 Å². The summed E-state index contributed by atoms with van der Waals surface area (Å²) in [6.07, 6.45) is 5.29. The van der Waals surface area contributed by atoms with Crippen molar-refractivity contribution in [1.82, 2.24) is 9.55 Å². The molecule has 0 aliphatic heterocycles. The summed E-state index contributed by atoms with van der Waals surface area (Å²) in [6.45, 7) is 4.71. The minimum Gasteiger partial charge on any atom is -0.481 e. The minimum atomic E-state index is -0.854. The van der Waals surface area contributed by atoms with Crippen LogP contribution in [0.2, 0.25) is 0 Å². The van der Waals surface area contributed by atoms with Crippen LogP contribution in [0.1, 0.15) is 33.1 Å². The lowest BCUT2D eigenvalue weighted by molar-refractivity contribution is -0.137. The van der Waals surface area contributed by atoms with E-state index in [0.717, 1.165) is 12.8 Å². The molecular weight excluding hydrogens is 258 g/mol. The van der Waals surface area contributed by atoms with Crippen molar-refractivity contribution in [3.8, 4) is 0 Å². The van der Waals surface area contributed by atoms with Crippen molar-refractivity contribution >= 4 is 11.8 Å². The molecule has 0 radical (unpaired) electrons. The van der Waals surface area contributed by atoms with Crippen LogP contribution in [-0.2, 0) is 11.3 Å². The van der Waals surface area contributed by atoms with Gasteiger partial charge in [-0.25, -0.2) is 4.98 Å². The smallest absolute Gasteiger partial charge is 0.305 e. The zero-order valence-electron chi connectivity index (χ0n) is 11.9. The first kappa shape index (κ1) is 14.6. The lowest BCUT2D eigenvalue weighted by Gasteiger charge is -2.17. The normalized spacial score (nSPS) is 16.1. The summed E-state index contributed by atoms with van der Waals surface area (Å²) in [6, 6.07) is -0.206. The third-order valence-corrected chi connectivity index (χ3v) is 3.38. The van der Waals surface area contributed by atoms with Gasteiger partial charge in [-0.15, -0.1) is 0 Å². The van der Waals surface area contributed by atoms with Crippen molar-refractivity contribution in [3.63, 3.8) is 0 Å². The summed E-state index contributed by atoms with van der Waals surface area (Å²) in [5.74, 6) is 0.103. The second-order valence-corrected chi connectivity index (χ2v) is 5.81. The second-order valence-electron chi connectivity index (χ2n) is 5.81. The van der Waals surface area contributed by atoms with Gasteiger partial charge in [0.25, 0.3) is 5.56 Å². The van der Waals surface area contributed by atoms with E-state index in [2.05, 4.69) is 10.3 Å². The molecule has 20 heavy (non-hydrogen) atoms. The van der Waals surface area contributed by atoms with Gasteiger partial charge < -0.3 is 15.0 Å². The van der Waals surface area contributed by atoms with Crippen molar-refractivity contribution in [2.24, 2.45) is 11.8 Å². The number of rotatable bonds is 7. The van der Waals surface area contributed by atoms with E-state index < -0.39 is 5.97 Å². The monoisotopic (exact) mass is 279 g/mol. The maximum atomic E-state index is 12.3. The molecule has 0 saturated heterocycles. The van der Waals surface area contributed by atoms with E-state index in [0.29, 0.717) is 18.4 Å². The number of aliphatic carboxylic acids is 1. The highest BCUT2D eigenvalue weighted by atomic mass is 16.4. The van der Waals surface area contributed by atoms with Crippen LogP contribution in [-0.4, -0.2) is 26.7 Å². The fraction of sp³-hybridized carbons (Fsp3) is 0.643. The fourth-order valence-electron chi connectivity index (χ4n) is 2.28. The number of carboxylic acid groups (broad SMARTS) is 1. The summed E-state index contributed by atoms with van der Waals surface area (Å²) in [5, 5.41) is 12.0. The minimum absolute atomic E-state index is 0.0187. The van der Waals surface area contributed by atoms with E-state index in [-0.39, 0.29) is 23.8 Å². The van der Waals surface area contributed by atoms with Crippen LogP contribution in [0, 0.1) is 11.8 Å². The third-order valence-electron chi connectivity index (χ3n) is 3.38. The number of aromatic nitrogens is 2. The van der Waals surface area contributed by atoms with Gasteiger partial charge in [-0.05, 0) is 24.7 Å². The average Bonchev–Trinajstić information content (AvgIpc) is 3.16. The Hall–Kier alpha value is -1.85. The van der Waals surface area contributed by atoms with Crippen molar-refractivity contribution in [2.75, 3.05) is 5.32 Å². The highest BCUT2D eigenvalue weighted by Crippen LogP contribution is 2.35. The third kappa shape index (κ3) is 3.82. The SMILES string of the molecule is CC(C)Cn1ccnc(NC(CC(=O)O)C2CC2)c1=O. The standard InChI is InChI=1S/C14H21N3O3/c1-9(2)8-17-6-5-15-13(14(17)20)16-11(7-12(18)19)10-3-4-10/h5-6,9-11H,3-4,7-8H2,1-2H3,(H,15,16)(H,18,19). The first-order chi connectivity index (χ1) is 9.47. The summed E-state index contributed by atoms with van der Waals surface area (Å²) in [4.78, 5) is 27.2. The molecule has 1 aliphatic carbocycles. The molecule has 0 spiro atoms. The van der Waals surface area contributed by atoms with E-state index >= 15 is 0 Å². The van der Waals surface area contributed by atoms with Gasteiger partial charge in [0, 0.05) is 25.0 Å². The molecule has 0 amide bonds. The Morgan fingerprint density at radius 3 is 2.80 bits per heavy atom. The Morgan fingerprint density at radius 2 is 2.25 bits per heavy atom. The molecule has 1 heterocycles. The fourth-order valence-corrected chi connectivity index (χ4v) is 2.28. The lowest BCUT2D eigenvalue weighted by Crippen LogP contribution is -2.32. The topological polar surface area (TPSA) is 84.2 Å². The number of anilines is 1. The Bertz CT molecular complexity index is 535. The van der Waals surface area contributed by atoms with Gasteiger partial charge in [0.15, 0.2) is 5.82 Å². The molecule has 6 heteroatoms. The van der Waals surface area contributed by atoms with Gasteiger partial charge >= 0.3 is 5.97 Å². The van der Waals surface area contributed by atoms with Crippen LogP contribution < -0.4 is 10.9 Å². The Morgan fingerprint density at radius 1 is 1.55 bits per heavy atom. The first-order valence-electron chi connectivity index (χ1n) is 7.01. The average molecular weight is 279 g/mol. The number of nitrogens with one attached hydrogen (secondary N) is 1. The van der Waals surface area contributed by atoms with Crippen LogP contribution in [0.3, 0.4) is 0 Å². The number of carboxylic acids is 1. The largest absolute Gasteiger partial charge is 0.481 e. The Balaban J connectivity index is 2.15. The molecule has 6 nitrogen and oxygen atoms in total. The number of hydrogen-bond donors (Lipinski definition) is 2. The Kier molecular flexibility index (Phi) is 4.42. The van der Waals surface area contributed by atoms with Crippen LogP contribution in [0.15, 0.2) is 17.2 Å². The second kappa shape index (κ2) is 6.07. The van der Waals surface area contributed by atoms with Crippen LogP contribution >= 0.6 is 0 Å². The van der Waals surface area contributed by atoms with Gasteiger partial charge in [-0.3, -0.25) is 9.59 Å². The molecule has 1 unspecified atom stereocenters. The maximum absolute atomic E-state index is 12.3. The van der Waals surface area contributed by atoms with Crippen LogP contribution in [0.5, 0.6) is 0 Å². The lowest BCUT2D eigenvalue weighted by atomic mass is 10.1. The summed E-state index contributed by atoms with van der Waals surface area (Å²) >= 11 is 0. The molecular formula is C14H21N3O3. The molecule has 1 saturated carbocycles. The number of nitrogens with zero attached hydrogens (tertiary/aromatic N) is 2. The van der Waals surface area contributed by atoms with E-state index in [4.69, 9.17) is 5.11 Å². The first-order valence-corrected chi connectivity index (χ1v) is 7.01. The predicted octanol–water partition coefficient (Wildman–Crippen LogP) is 1.56. The number of hydrogen-bond acceptors (Lipinski definition) is 4. The quantitative estimate of drug-likeness (QED) is 0.791. The van der Waals surface area contributed by atoms with E-state index in [1.807, 2.05) is 13.8 Å². The predicted molar refractivity (Wildman–Crippen MR) is 75.7 cm³/mol. The van der Waals surface area contributed by atoms with Gasteiger partial charge in [-0.2, -0.15) is 0 Å². The number of carbonyl (C=O) groups is 1. The molecule has 0 bridgehead atoms. The maximum Gasteiger partial charge on any atom is 0.305 e. The molecule has 1 atom stereocenters. The van der Waals surface area contributed by atoms with Gasteiger partial charge in [0.2, 0.25) is 0 Å². The molecule has 1 fully saturated rings. The molecule has 1 aliphatic rings. The highest BCUT2D eigenvalue weighted by Gasteiger charge is 2.33. The molecule has 110 valence electrons. The molecule has 2 N–H and O–H groups in total. The summed E-state index contributed by atoms with van der Waals surface area (Å²) in [5.41, 5.74) is -0.183.